The lowest BCUT2D eigenvalue weighted by Gasteiger charge is -2.37. The lowest BCUT2D eigenvalue weighted by Crippen LogP contribution is -2.59. The van der Waals surface area contributed by atoms with Gasteiger partial charge < -0.3 is 10.2 Å². The smallest absolute Gasteiger partial charge is 0.343 e. The van der Waals surface area contributed by atoms with Gasteiger partial charge in [0.1, 0.15) is 0 Å². The number of carboxylic acids is 1. The first-order valence-corrected chi connectivity index (χ1v) is 8.28. The first-order valence-electron chi connectivity index (χ1n) is 8.78. The van der Waals surface area contributed by atoms with Crippen molar-refractivity contribution in [1.82, 2.24) is 4.90 Å². The third-order valence-electron chi connectivity index (χ3n) is 4.49. The molecule has 2 N–H and O–H groups in total. The maximum absolute atomic E-state index is 13.1. The molecular formula is C19H29NO4. The van der Waals surface area contributed by atoms with Gasteiger partial charge in [0.05, 0.1) is 7.39 Å². The summed E-state index contributed by atoms with van der Waals surface area (Å²) in [7, 11) is 1.62. The van der Waals surface area contributed by atoms with Crippen LogP contribution in [0.4, 0.5) is 0 Å². The van der Waals surface area contributed by atoms with Crippen molar-refractivity contribution in [3.05, 3.63) is 35.9 Å². The maximum Gasteiger partial charge on any atom is 0.343 e. The van der Waals surface area contributed by atoms with E-state index >= 15 is 0 Å². The number of hydrogen-bond donors (Lipinski definition) is 2. The molecule has 0 saturated heterocycles. The Morgan fingerprint density at radius 2 is 1.79 bits per heavy atom. The van der Waals surface area contributed by atoms with Crippen LogP contribution in [0.15, 0.2) is 30.3 Å². The van der Waals surface area contributed by atoms with Crippen molar-refractivity contribution in [1.29, 1.82) is 0 Å². The van der Waals surface area contributed by atoms with Crippen molar-refractivity contribution in [3.8, 4) is 0 Å². The van der Waals surface area contributed by atoms with Crippen LogP contribution in [0.5, 0.6) is 0 Å². The van der Waals surface area contributed by atoms with Gasteiger partial charge in [0.15, 0.2) is 5.78 Å². The van der Waals surface area contributed by atoms with E-state index in [4.69, 9.17) is 1.37 Å². The summed E-state index contributed by atoms with van der Waals surface area (Å²) in [5, 5.41) is 20.1. The third-order valence-corrected chi connectivity index (χ3v) is 4.49. The van der Waals surface area contributed by atoms with E-state index in [0.717, 1.165) is 5.56 Å². The van der Waals surface area contributed by atoms with E-state index in [0.29, 0.717) is 13.0 Å². The van der Waals surface area contributed by atoms with Crippen LogP contribution >= 0.6 is 0 Å². The normalized spacial score (nSPS) is 18.6. The second-order valence-electron chi connectivity index (χ2n) is 6.59. The summed E-state index contributed by atoms with van der Waals surface area (Å²) >= 11 is 0. The van der Waals surface area contributed by atoms with Gasteiger partial charge in [-0.25, -0.2) is 4.79 Å². The number of carbonyl (C=O) groups excluding carboxylic acids is 1. The number of Topliss-reactive ketones (excluding diaryl/α,β-unsaturated/α-hetero) is 1. The average molecular weight is 336 g/mol. The number of nitrogens with zero attached hydrogens (tertiary/aromatic N) is 1. The second-order valence-corrected chi connectivity index (χ2v) is 6.59. The van der Waals surface area contributed by atoms with E-state index in [2.05, 4.69) is 0 Å². The molecule has 0 spiro atoms. The summed E-state index contributed by atoms with van der Waals surface area (Å²) in [5.41, 5.74) is -1.70. The summed E-state index contributed by atoms with van der Waals surface area (Å²) in [4.78, 5) is 26.3. The van der Waals surface area contributed by atoms with E-state index < -0.39 is 35.2 Å². The largest absolute Gasteiger partial charge is 0.479 e. The van der Waals surface area contributed by atoms with Crippen molar-refractivity contribution < 1.29 is 21.2 Å². The molecule has 24 heavy (non-hydrogen) atoms. The van der Waals surface area contributed by atoms with Crippen LogP contribution in [0.2, 0.25) is 0 Å². The van der Waals surface area contributed by atoms with E-state index in [1.54, 1.807) is 14.0 Å². The Bertz CT molecular complexity index is 607. The fourth-order valence-corrected chi connectivity index (χ4v) is 2.71. The Hall–Kier alpha value is -1.72. The number of ketones is 1. The zero-order valence-corrected chi connectivity index (χ0v) is 15.1. The van der Waals surface area contributed by atoms with Crippen molar-refractivity contribution >= 4 is 11.8 Å². The van der Waals surface area contributed by atoms with E-state index in [-0.39, 0.29) is 0 Å². The minimum atomic E-state index is -2.60. The minimum absolute atomic E-state index is 0.300. The Labute approximate surface area is 145 Å². The van der Waals surface area contributed by atoms with Crippen LogP contribution in [0.25, 0.3) is 0 Å². The van der Waals surface area contributed by atoms with Crippen molar-refractivity contribution in [2.45, 2.75) is 52.3 Å². The van der Waals surface area contributed by atoms with Gasteiger partial charge in [-0.2, -0.15) is 0 Å². The van der Waals surface area contributed by atoms with Crippen LogP contribution in [-0.4, -0.2) is 45.5 Å². The van der Waals surface area contributed by atoms with Crippen LogP contribution in [-0.2, 0) is 16.1 Å². The van der Waals surface area contributed by atoms with E-state index in [1.165, 1.54) is 18.7 Å². The summed E-state index contributed by atoms with van der Waals surface area (Å²) in [5.74, 6) is -3.91. The first kappa shape index (κ1) is 18.6. The third kappa shape index (κ3) is 4.22. The van der Waals surface area contributed by atoms with Gasteiger partial charge in [0, 0.05) is 12.5 Å². The second kappa shape index (κ2) is 8.40. The standard InChI is InChI=1S/C19H29NO4/c1-6-14(4)16(17(21)19(24,13(2)3)18(22)23)20(5)12-15-10-8-7-9-11-15/h7-11,13-14,16,24H,6,12H2,1-5H3,(H,22,23)/t14-,16-,19?/m0/s1/i16D. The molecule has 0 radical (unpaired) electrons. The molecule has 0 bridgehead atoms. The zero-order valence-electron chi connectivity index (χ0n) is 16.1. The molecule has 0 heterocycles. The molecule has 3 atom stereocenters. The molecule has 0 amide bonds. The fourth-order valence-electron chi connectivity index (χ4n) is 2.71. The fraction of sp³-hybridized carbons (Fsp3) is 0.579. The molecule has 1 unspecified atom stereocenters. The number of likely N-dealkylation sites (N-methyl/N-ethyl adjacent to an activating group) is 1. The van der Waals surface area contributed by atoms with Crippen LogP contribution < -0.4 is 0 Å². The number of benzene rings is 1. The zero-order chi connectivity index (χ0) is 19.4. The van der Waals surface area contributed by atoms with Crippen LogP contribution in [0.3, 0.4) is 0 Å². The maximum atomic E-state index is 13.1. The van der Waals surface area contributed by atoms with E-state index in [1.807, 2.05) is 37.3 Å². The minimum Gasteiger partial charge on any atom is -0.479 e. The van der Waals surface area contributed by atoms with Gasteiger partial charge in [-0.15, -0.1) is 0 Å². The Kier molecular flexibility index (Phi) is 6.52. The monoisotopic (exact) mass is 336 g/mol. The van der Waals surface area contributed by atoms with Crippen molar-refractivity contribution in [3.63, 3.8) is 0 Å². The highest BCUT2D eigenvalue weighted by atomic mass is 16.4. The van der Waals surface area contributed by atoms with Gasteiger partial charge in [0.2, 0.25) is 5.60 Å². The predicted octanol–water partition coefficient (Wildman–Crippen LogP) is 2.57. The molecular weight excluding hydrogens is 306 g/mol. The SMILES string of the molecule is [2H][C@@](C(=O)C(O)(C(=O)O)C(C)C)([C@@H](C)CC)N(C)Cc1ccccc1. The number of carboxylic acid groups (broad SMARTS) is 1. The summed E-state index contributed by atoms with van der Waals surface area (Å²) in [6.07, 6.45) is 0.502. The highest BCUT2D eigenvalue weighted by Crippen LogP contribution is 2.27. The molecule has 1 aromatic rings. The van der Waals surface area contributed by atoms with Crippen LogP contribution in [0.1, 0.15) is 41.0 Å². The van der Waals surface area contributed by atoms with Gasteiger partial charge in [0.25, 0.3) is 0 Å². The molecule has 0 aliphatic heterocycles. The molecule has 0 saturated carbocycles. The number of aliphatic carboxylic acids is 1. The average Bonchev–Trinajstić information content (AvgIpc) is 2.59. The highest BCUT2D eigenvalue weighted by molar-refractivity contribution is 6.09. The van der Waals surface area contributed by atoms with Gasteiger partial charge in [-0.05, 0) is 18.5 Å². The molecule has 0 aliphatic rings. The molecule has 134 valence electrons. The molecule has 1 rings (SSSR count). The van der Waals surface area contributed by atoms with Gasteiger partial charge >= 0.3 is 5.97 Å². The summed E-state index contributed by atoms with van der Waals surface area (Å²) in [6, 6.07) is 7.50. The number of hydrogen-bond acceptors (Lipinski definition) is 4. The van der Waals surface area contributed by atoms with Gasteiger partial charge in [-0.1, -0.05) is 64.4 Å². The van der Waals surface area contributed by atoms with Gasteiger partial charge in [-0.3, -0.25) is 9.69 Å². The molecule has 5 heteroatoms. The molecule has 1 aromatic carbocycles. The summed E-state index contributed by atoms with van der Waals surface area (Å²) < 4.78 is 8.88. The van der Waals surface area contributed by atoms with Crippen molar-refractivity contribution in [2.24, 2.45) is 11.8 Å². The molecule has 0 aromatic heterocycles. The Morgan fingerprint density at radius 1 is 1.25 bits per heavy atom. The number of rotatable bonds is 9. The Morgan fingerprint density at radius 3 is 2.21 bits per heavy atom. The predicted molar refractivity (Wildman–Crippen MR) is 93.6 cm³/mol. The number of carbonyl (C=O) groups is 2. The lowest BCUT2D eigenvalue weighted by atomic mass is 9.78. The first-order chi connectivity index (χ1) is 11.5. The molecule has 0 fully saturated rings. The van der Waals surface area contributed by atoms with E-state index in [9.17, 15) is 19.8 Å². The van der Waals surface area contributed by atoms with Crippen LogP contribution in [0, 0.1) is 11.8 Å². The quantitative estimate of drug-likeness (QED) is 0.678. The van der Waals surface area contributed by atoms with Crippen molar-refractivity contribution in [2.75, 3.05) is 7.05 Å². The highest BCUT2D eigenvalue weighted by Gasteiger charge is 2.51. The lowest BCUT2D eigenvalue weighted by molar-refractivity contribution is -0.173. The topological polar surface area (TPSA) is 77.8 Å². The Balaban J connectivity index is 3.34. The molecule has 5 nitrogen and oxygen atoms in total. The number of aliphatic hydroxyl groups is 1. The molecule has 0 aliphatic carbocycles. The summed E-state index contributed by atoms with van der Waals surface area (Å²) in [6.45, 7) is 6.82.